The van der Waals surface area contributed by atoms with Crippen LogP contribution in [0.4, 0.5) is 0 Å². The first kappa shape index (κ1) is 11.5. The molecule has 2 heterocycles. The Labute approximate surface area is 108 Å². The van der Waals surface area contributed by atoms with E-state index < -0.39 is 5.97 Å². The third-order valence-corrected chi connectivity index (χ3v) is 2.91. The summed E-state index contributed by atoms with van der Waals surface area (Å²) in [5.74, 6) is 0.956. The van der Waals surface area contributed by atoms with Gasteiger partial charge in [-0.25, -0.2) is 9.78 Å². The first-order chi connectivity index (χ1) is 9.04. The topological polar surface area (TPSA) is 76.5 Å². The summed E-state index contributed by atoms with van der Waals surface area (Å²) in [4.78, 5) is 15.2. The molecule has 5 heteroatoms. The lowest BCUT2D eigenvalue weighted by Crippen LogP contribution is -1.94. The van der Waals surface area contributed by atoms with Crippen molar-refractivity contribution in [3.8, 4) is 11.5 Å². The number of nitrogens with zero attached hydrogens (tertiary/aromatic N) is 1. The van der Waals surface area contributed by atoms with E-state index >= 15 is 0 Å². The molecule has 2 aromatic heterocycles. The van der Waals surface area contributed by atoms with E-state index in [1.54, 1.807) is 6.07 Å². The predicted molar refractivity (Wildman–Crippen MR) is 68.1 cm³/mol. The van der Waals surface area contributed by atoms with E-state index in [0.717, 1.165) is 17.1 Å². The molecule has 0 amide bonds. The van der Waals surface area contributed by atoms with E-state index in [0.29, 0.717) is 17.0 Å². The summed E-state index contributed by atoms with van der Waals surface area (Å²) in [5, 5.41) is 8.94. The Morgan fingerprint density at radius 3 is 2.63 bits per heavy atom. The number of aromatic nitrogens is 1. The highest BCUT2D eigenvalue weighted by Crippen LogP contribution is 2.29. The van der Waals surface area contributed by atoms with Crippen molar-refractivity contribution in [2.75, 3.05) is 0 Å². The van der Waals surface area contributed by atoms with Crippen molar-refractivity contribution < 1.29 is 18.7 Å². The van der Waals surface area contributed by atoms with Gasteiger partial charge >= 0.3 is 5.97 Å². The normalized spacial score (nSPS) is 11.1. The van der Waals surface area contributed by atoms with Crippen LogP contribution < -0.4 is 0 Å². The number of furan rings is 1. The predicted octanol–water partition coefficient (Wildman–Crippen LogP) is 3.40. The Bertz CT molecular complexity index is 782. The van der Waals surface area contributed by atoms with Gasteiger partial charge in [-0.15, -0.1) is 0 Å². The van der Waals surface area contributed by atoms with Gasteiger partial charge in [0.1, 0.15) is 17.0 Å². The van der Waals surface area contributed by atoms with Crippen molar-refractivity contribution in [2.45, 2.75) is 13.8 Å². The monoisotopic (exact) mass is 257 g/mol. The minimum Gasteiger partial charge on any atom is -0.478 e. The summed E-state index contributed by atoms with van der Waals surface area (Å²) in [7, 11) is 0. The Balaban J connectivity index is 2.16. The summed E-state index contributed by atoms with van der Waals surface area (Å²) < 4.78 is 11.1. The molecule has 0 radical (unpaired) electrons. The molecule has 0 aliphatic carbocycles. The number of oxazole rings is 1. The van der Waals surface area contributed by atoms with Crippen LogP contribution in [0.15, 0.2) is 33.1 Å². The van der Waals surface area contributed by atoms with Crippen LogP contribution in [0.1, 0.15) is 21.9 Å². The summed E-state index contributed by atoms with van der Waals surface area (Å²) >= 11 is 0. The fourth-order valence-corrected chi connectivity index (χ4v) is 2.02. The number of rotatable bonds is 2. The number of carboxylic acid groups (broad SMARTS) is 1. The quantitative estimate of drug-likeness (QED) is 0.761. The highest BCUT2D eigenvalue weighted by atomic mass is 16.4. The van der Waals surface area contributed by atoms with Gasteiger partial charge in [0.15, 0.2) is 5.58 Å². The molecule has 0 fully saturated rings. The van der Waals surface area contributed by atoms with Gasteiger partial charge in [0.2, 0.25) is 5.89 Å². The Morgan fingerprint density at radius 2 is 2.00 bits per heavy atom. The second-order valence-electron chi connectivity index (χ2n) is 4.33. The zero-order chi connectivity index (χ0) is 13.6. The van der Waals surface area contributed by atoms with Gasteiger partial charge < -0.3 is 13.9 Å². The molecule has 0 atom stereocenters. The van der Waals surface area contributed by atoms with Gasteiger partial charge in [-0.3, -0.25) is 0 Å². The highest BCUT2D eigenvalue weighted by molar-refractivity contribution is 5.92. The second-order valence-corrected chi connectivity index (χ2v) is 4.33. The SMILES string of the molecule is Cc1cc(-c2nc3cc(C(=O)O)ccc3o2)c(C)o1. The van der Waals surface area contributed by atoms with Gasteiger partial charge in [0.05, 0.1) is 11.1 Å². The third kappa shape index (κ3) is 1.89. The number of carboxylic acids is 1. The number of aryl methyl sites for hydroxylation is 2. The first-order valence-electron chi connectivity index (χ1n) is 5.76. The van der Waals surface area contributed by atoms with E-state index in [1.165, 1.54) is 12.1 Å². The van der Waals surface area contributed by atoms with E-state index in [4.69, 9.17) is 13.9 Å². The molecule has 96 valence electrons. The van der Waals surface area contributed by atoms with Crippen LogP contribution in [-0.4, -0.2) is 16.1 Å². The molecule has 1 aromatic carbocycles. The summed E-state index contributed by atoms with van der Waals surface area (Å²) in [6.45, 7) is 3.68. The van der Waals surface area contributed by atoms with Crippen LogP contribution in [0.3, 0.4) is 0 Å². The fourth-order valence-electron chi connectivity index (χ4n) is 2.02. The lowest BCUT2D eigenvalue weighted by Gasteiger charge is -1.91. The van der Waals surface area contributed by atoms with Gasteiger partial charge in [-0.2, -0.15) is 0 Å². The van der Waals surface area contributed by atoms with Gasteiger partial charge in [0, 0.05) is 0 Å². The van der Waals surface area contributed by atoms with Crippen LogP contribution in [-0.2, 0) is 0 Å². The first-order valence-corrected chi connectivity index (χ1v) is 5.76. The molecule has 0 unspecified atom stereocenters. The third-order valence-electron chi connectivity index (χ3n) is 2.91. The maximum Gasteiger partial charge on any atom is 0.335 e. The zero-order valence-corrected chi connectivity index (χ0v) is 10.4. The molecule has 0 aliphatic heterocycles. The molecule has 0 spiro atoms. The van der Waals surface area contributed by atoms with Crippen LogP contribution in [0.2, 0.25) is 0 Å². The van der Waals surface area contributed by atoms with Crippen LogP contribution in [0.5, 0.6) is 0 Å². The van der Waals surface area contributed by atoms with Crippen molar-refractivity contribution in [1.82, 2.24) is 4.98 Å². The molecule has 0 saturated carbocycles. The van der Waals surface area contributed by atoms with E-state index in [2.05, 4.69) is 4.98 Å². The Kier molecular flexibility index (Phi) is 2.41. The maximum atomic E-state index is 10.9. The molecular weight excluding hydrogens is 246 g/mol. The average Bonchev–Trinajstić information content (AvgIpc) is 2.90. The summed E-state index contributed by atoms with van der Waals surface area (Å²) in [6.07, 6.45) is 0. The molecule has 19 heavy (non-hydrogen) atoms. The van der Waals surface area contributed by atoms with Crippen LogP contribution in [0, 0.1) is 13.8 Å². The molecule has 0 aliphatic rings. The van der Waals surface area contributed by atoms with Crippen molar-refractivity contribution in [1.29, 1.82) is 0 Å². The number of benzene rings is 1. The van der Waals surface area contributed by atoms with Crippen LogP contribution in [0.25, 0.3) is 22.6 Å². The lowest BCUT2D eigenvalue weighted by atomic mass is 10.2. The molecular formula is C14H11NO4. The van der Waals surface area contributed by atoms with Crippen molar-refractivity contribution >= 4 is 17.1 Å². The molecule has 3 aromatic rings. The fraction of sp³-hybridized carbons (Fsp3) is 0.143. The van der Waals surface area contributed by atoms with Crippen LogP contribution >= 0.6 is 0 Å². The van der Waals surface area contributed by atoms with E-state index in [-0.39, 0.29) is 5.56 Å². The summed E-state index contributed by atoms with van der Waals surface area (Å²) in [6, 6.07) is 6.44. The lowest BCUT2D eigenvalue weighted by molar-refractivity contribution is 0.0697. The van der Waals surface area contributed by atoms with Crippen molar-refractivity contribution in [2.24, 2.45) is 0 Å². The maximum absolute atomic E-state index is 10.9. The smallest absolute Gasteiger partial charge is 0.335 e. The molecule has 0 saturated heterocycles. The highest BCUT2D eigenvalue weighted by Gasteiger charge is 2.15. The summed E-state index contributed by atoms with van der Waals surface area (Å²) in [5.41, 5.74) is 2.05. The van der Waals surface area contributed by atoms with Gasteiger partial charge in [-0.05, 0) is 38.1 Å². The molecule has 1 N–H and O–H groups in total. The number of carbonyl (C=O) groups is 1. The zero-order valence-electron chi connectivity index (χ0n) is 10.4. The van der Waals surface area contributed by atoms with Crippen molar-refractivity contribution in [3.05, 3.63) is 41.3 Å². The Hall–Kier alpha value is -2.56. The largest absolute Gasteiger partial charge is 0.478 e. The van der Waals surface area contributed by atoms with Gasteiger partial charge in [-0.1, -0.05) is 0 Å². The van der Waals surface area contributed by atoms with E-state index in [9.17, 15) is 4.79 Å². The van der Waals surface area contributed by atoms with Crippen molar-refractivity contribution in [3.63, 3.8) is 0 Å². The minimum absolute atomic E-state index is 0.187. The molecule has 0 bridgehead atoms. The second kappa shape index (κ2) is 3.98. The number of hydrogen-bond donors (Lipinski definition) is 1. The number of fused-ring (bicyclic) bond motifs is 1. The molecule has 5 nitrogen and oxygen atoms in total. The average molecular weight is 257 g/mol. The standard InChI is InChI=1S/C14H11NO4/c1-7-5-10(8(2)18-7)13-15-11-6-9(14(16)17)3-4-12(11)19-13/h3-6H,1-2H3,(H,16,17). The van der Waals surface area contributed by atoms with Gasteiger partial charge in [0.25, 0.3) is 0 Å². The Morgan fingerprint density at radius 1 is 1.21 bits per heavy atom. The number of hydrogen-bond acceptors (Lipinski definition) is 4. The minimum atomic E-state index is -0.984. The molecule has 3 rings (SSSR count). The van der Waals surface area contributed by atoms with E-state index in [1.807, 2.05) is 19.9 Å². The number of aromatic carboxylic acids is 1.